The van der Waals surface area contributed by atoms with Crippen LogP contribution in [0.4, 0.5) is 0 Å². The average Bonchev–Trinajstić information content (AvgIpc) is 3.17. The molecule has 8 nitrogen and oxygen atoms in total. The van der Waals surface area contributed by atoms with Crippen LogP contribution in [0.1, 0.15) is 245 Å². The standard InChI is InChI=1S/C49H99N2O6P/c1-6-8-10-12-13-14-15-16-17-18-19-20-21-22-23-24-25-26-27-28-29-30-31-32-33-34-35-36-37-39-40-42-48(52)47(50-49(53)43-41-38-11-9-7-2)46-57-58(54,55)56-45-44-51(3,4)5/h40,42,47-48,52H,6-39,41,43-46H2,1-5H3,(H-,50,53,54,55)/b42-40+. The summed E-state index contributed by atoms with van der Waals surface area (Å²) < 4.78 is 23.1. The normalized spacial score (nSPS) is 14.3. The summed E-state index contributed by atoms with van der Waals surface area (Å²) in [6, 6.07) is -0.878. The van der Waals surface area contributed by atoms with Crippen LogP contribution in [0.3, 0.4) is 0 Å². The highest BCUT2D eigenvalue weighted by Crippen LogP contribution is 2.38. The molecule has 3 atom stereocenters. The maximum atomic E-state index is 12.6. The van der Waals surface area contributed by atoms with Crippen LogP contribution in [-0.4, -0.2) is 68.5 Å². The number of quaternary nitrogens is 1. The van der Waals surface area contributed by atoms with Crippen molar-refractivity contribution in [1.29, 1.82) is 0 Å². The Morgan fingerprint density at radius 2 is 0.931 bits per heavy atom. The molecule has 3 unspecified atom stereocenters. The van der Waals surface area contributed by atoms with Gasteiger partial charge in [0.1, 0.15) is 13.2 Å². The molecule has 0 rings (SSSR count). The lowest BCUT2D eigenvalue weighted by atomic mass is 10.0. The fourth-order valence-electron chi connectivity index (χ4n) is 7.51. The Balaban J connectivity index is 3.87. The maximum Gasteiger partial charge on any atom is 0.268 e. The fraction of sp³-hybridized carbons (Fsp3) is 0.939. The Morgan fingerprint density at radius 1 is 0.586 bits per heavy atom. The molecule has 0 radical (unpaired) electrons. The first-order valence-electron chi connectivity index (χ1n) is 25.1. The lowest BCUT2D eigenvalue weighted by Crippen LogP contribution is -2.45. The number of nitrogens with zero attached hydrogens (tertiary/aromatic N) is 1. The monoisotopic (exact) mass is 843 g/mol. The van der Waals surface area contributed by atoms with E-state index >= 15 is 0 Å². The third-order valence-corrected chi connectivity index (χ3v) is 12.5. The van der Waals surface area contributed by atoms with Gasteiger partial charge in [0.05, 0.1) is 39.9 Å². The molecule has 0 aromatic carbocycles. The molecule has 0 fully saturated rings. The van der Waals surface area contributed by atoms with E-state index < -0.39 is 20.0 Å². The van der Waals surface area contributed by atoms with Crippen LogP contribution in [-0.2, 0) is 18.4 Å². The van der Waals surface area contributed by atoms with Crippen LogP contribution in [0.25, 0.3) is 0 Å². The van der Waals surface area contributed by atoms with E-state index in [-0.39, 0.29) is 19.1 Å². The number of amides is 1. The number of allylic oxidation sites excluding steroid dienone is 1. The van der Waals surface area contributed by atoms with Crippen LogP contribution < -0.4 is 10.2 Å². The highest BCUT2D eigenvalue weighted by atomic mass is 31.2. The molecule has 0 aromatic rings. The second kappa shape index (κ2) is 41.6. The molecule has 0 saturated carbocycles. The van der Waals surface area contributed by atoms with Gasteiger partial charge >= 0.3 is 0 Å². The number of rotatable bonds is 46. The number of phosphoric acid groups is 1. The molecule has 0 saturated heterocycles. The first-order valence-corrected chi connectivity index (χ1v) is 26.5. The number of unbranched alkanes of at least 4 members (excludes halogenated alkanes) is 33. The molecule has 58 heavy (non-hydrogen) atoms. The molecule has 0 spiro atoms. The largest absolute Gasteiger partial charge is 0.756 e. The molecule has 346 valence electrons. The Hall–Kier alpha value is -0.760. The van der Waals surface area contributed by atoms with Gasteiger partial charge < -0.3 is 28.8 Å². The SMILES string of the molecule is CCCCCCCCCCCCCCCCCCCCCCCCCCCCCCC/C=C/C(O)C(COP(=O)([O-])OCC[N+](C)(C)C)NC(=O)CCCCCCC. The van der Waals surface area contributed by atoms with Gasteiger partial charge in [0.2, 0.25) is 5.91 Å². The van der Waals surface area contributed by atoms with Crippen molar-refractivity contribution in [2.75, 3.05) is 40.9 Å². The topological polar surface area (TPSA) is 108 Å². The summed E-state index contributed by atoms with van der Waals surface area (Å²) in [6.07, 6.45) is 49.2. The predicted octanol–water partition coefficient (Wildman–Crippen LogP) is 13.7. The van der Waals surface area contributed by atoms with E-state index in [9.17, 15) is 19.4 Å². The number of likely N-dealkylation sites (N-methyl/N-ethyl adjacent to an activating group) is 1. The van der Waals surface area contributed by atoms with E-state index in [1.165, 1.54) is 173 Å². The van der Waals surface area contributed by atoms with Gasteiger partial charge in [-0.1, -0.05) is 231 Å². The molecule has 0 aliphatic heterocycles. The molecule has 1 amide bonds. The number of hydrogen-bond donors (Lipinski definition) is 2. The van der Waals surface area contributed by atoms with Crippen LogP contribution in [0.2, 0.25) is 0 Å². The Bertz CT molecular complexity index is 958. The lowest BCUT2D eigenvalue weighted by molar-refractivity contribution is -0.870. The van der Waals surface area contributed by atoms with E-state index in [2.05, 4.69) is 19.2 Å². The summed E-state index contributed by atoms with van der Waals surface area (Å²) >= 11 is 0. The quantitative estimate of drug-likeness (QED) is 0.0273. The molecular weight excluding hydrogens is 744 g/mol. The van der Waals surface area contributed by atoms with Crippen LogP contribution in [0.5, 0.6) is 0 Å². The molecule has 0 aliphatic rings. The van der Waals surface area contributed by atoms with Gasteiger partial charge in [0.25, 0.3) is 7.82 Å². The van der Waals surface area contributed by atoms with E-state index in [1.807, 2.05) is 27.2 Å². The predicted molar refractivity (Wildman–Crippen MR) is 247 cm³/mol. The smallest absolute Gasteiger partial charge is 0.268 e. The van der Waals surface area contributed by atoms with E-state index in [4.69, 9.17) is 9.05 Å². The minimum Gasteiger partial charge on any atom is -0.756 e. The van der Waals surface area contributed by atoms with Gasteiger partial charge in [-0.05, 0) is 19.3 Å². The second-order valence-electron chi connectivity index (χ2n) is 18.5. The van der Waals surface area contributed by atoms with Crippen molar-refractivity contribution >= 4 is 13.7 Å². The van der Waals surface area contributed by atoms with Crippen molar-refractivity contribution in [2.24, 2.45) is 0 Å². The van der Waals surface area contributed by atoms with Crippen molar-refractivity contribution in [3.63, 3.8) is 0 Å². The number of phosphoric ester groups is 1. The molecule has 0 aliphatic carbocycles. The number of carbonyl (C=O) groups excluding carboxylic acids is 1. The summed E-state index contributed by atoms with van der Waals surface area (Å²) in [7, 11) is 1.27. The first kappa shape index (κ1) is 57.2. The van der Waals surface area contributed by atoms with Gasteiger partial charge in [0.15, 0.2) is 0 Å². The third-order valence-electron chi connectivity index (χ3n) is 11.5. The zero-order chi connectivity index (χ0) is 42.8. The molecule has 0 heterocycles. The van der Waals surface area contributed by atoms with E-state index in [1.54, 1.807) is 6.08 Å². The summed E-state index contributed by atoms with van der Waals surface area (Å²) in [5, 5.41) is 13.7. The fourth-order valence-corrected chi connectivity index (χ4v) is 8.23. The van der Waals surface area contributed by atoms with Crippen molar-refractivity contribution in [3.05, 3.63) is 12.2 Å². The van der Waals surface area contributed by atoms with Crippen molar-refractivity contribution in [1.82, 2.24) is 5.32 Å². The number of carbonyl (C=O) groups is 1. The van der Waals surface area contributed by atoms with Gasteiger partial charge in [0, 0.05) is 6.42 Å². The van der Waals surface area contributed by atoms with Gasteiger partial charge in [-0.3, -0.25) is 9.36 Å². The minimum atomic E-state index is -4.57. The first-order chi connectivity index (χ1) is 28.0. The van der Waals surface area contributed by atoms with E-state index in [0.717, 1.165) is 51.4 Å². The third kappa shape index (κ3) is 43.3. The van der Waals surface area contributed by atoms with Crippen LogP contribution in [0, 0.1) is 0 Å². The molecule has 0 aromatic heterocycles. The van der Waals surface area contributed by atoms with Crippen molar-refractivity contribution in [3.8, 4) is 0 Å². The van der Waals surface area contributed by atoms with Crippen molar-refractivity contribution < 1.29 is 32.9 Å². The second-order valence-corrected chi connectivity index (χ2v) is 19.9. The summed E-state index contributed by atoms with van der Waals surface area (Å²) in [5.41, 5.74) is 0. The van der Waals surface area contributed by atoms with Crippen LogP contribution >= 0.6 is 7.82 Å². The highest BCUT2D eigenvalue weighted by Gasteiger charge is 2.23. The number of aliphatic hydroxyl groups excluding tert-OH is 1. The Morgan fingerprint density at radius 3 is 1.29 bits per heavy atom. The lowest BCUT2D eigenvalue weighted by Gasteiger charge is -2.29. The van der Waals surface area contributed by atoms with Gasteiger partial charge in [-0.2, -0.15) is 0 Å². The number of aliphatic hydroxyl groups is 1. The molecule has 2 N–H and O–H groups in total. The minimum absolute atomic E-state index is 0.00120. The number of nitrogens with one attached hydrogen (secondary N) is 1. The van der Waals surface area contributed by atoms with Gasteiger partial charge in [-0.15, -0.1) is 0 Å². The maximum absolute atomic E-state index is 12.6. The average molecular weight is 843 g/mol. The zero-order valence-corrected chi connectivity index (χ0v) is 40.2. The highest BCUT2D eigenvalue weighted by molar-refractivity contribution is 7.45. The Labute approximate surface area is 361 Å². The summed E-state index contributed by atoms with van der Waals surface area (Å²) in [5.74, 6) is -0.208. The molecule has 9 heteroatoms. The zero-order valence-electron chi connectivity index (χ0n) is 39.3. The molecule has 0 bridgehead atoms. The molecular formula is C49H99N2O6P. The summed E-state index contributed by atoms with van der Waals surface area (Å²) in [6.45, 7) is 4.57. The number of hydrogen-bond acceptors (Lipinski definition) is 6. The van der Waals surface area contributed by atoms with Crippen LogP contribution in [0.15, 0.2) is 12.2 Å². The van der Waals surface area contributed by atoms with E-state index in [0.29, 0.717) is 17.4 Å². The van der Waals surface area contributed by atoms with Gasteiger partial charge in [-0.25, -0.2) is 0 Å². The van der Waals surface area contributed by atoms with Crippen molar-refractivity contribution in [2.45, 2.75) is 257 Å². The Kier molecular flexibility index (Phi) is 41.0. The summed E-state index contributed by atoms with van der Waals surface area (Å²) in [4.78, 5) is 25.0.